The van der Waals surface area contributed by atoms with Gasteiger partial charge in [-0.1, -0.05) is 17.8 Å². The molecule has 0 bridgehead atoms. The second kappa shape index (κ2) is 6.81. The Kier molecular flexibility index (Phi) is 4.60. The Morgan fingerprint density at radius 2 is 2.05 bits per heavy atom. The van der Waals surface area contributed by atoms with Gasteiger partial charge < -0.3 is 9.84 Å². The molecule has 3 rings (SSSR count). The molecule has 1 aromatic carbocycles. The number of pyridine rings is 1. The van der Waals surface area contributed by atoms with Crippen LogP contribution in [0.5, 0.6) is 5.75 Å². The van der Waals surface area contributed by atoms with Crippen LogP contribution in [0, 0.1) is 5.82 Å². The van der Waals surface area contributed by atoms with E-state index >= 15 is 0 Å². The van der Waals surface area contributed by atoms with E-state index in [1.54, 1.807) is 6.20 Å². The molecule has 1 atom stereocenters. The SMILES string of the molecule is O[C@@H](COc1ccc(F)cc1)CSc1ncc2ccccn12. The van der Waals surface area contributed by atoms with Crippen LogP contribution < -0.4 is 4.74 Å². The monoisotopic (exact) mass is 318 g/mol. The van der Waals surface area contributed by atoms with Gasteiger partial charge in [0.05, 0.1) is 17.8 Å². The number of aromatic nitrogens is 2. The number of thioether (sulfide) groups is 1. The van der Waals surface area contributed by atoms with Crippen molar-refractivity contribution in [2.75, 3.05) is 12.4 Å². The molecule has 114 valence electrons. The number of fused-ring (bicyclic) bond motifs is 1. The molecule has 0 saturated carbocycles. The molecular weight excluding hydrogens is 303 g/mol. The van der Waals surface area contributed by atoms with Crippen LogP contribution in [0.1, 0.15) is 0 Å². The minimum Gasteiger partial charge on any atom is -0.491 e. The summed E-state index contributed by atoms with van der Waals surface area (Å²) in [6.07, 6.45) is 3.10. The molecule has 0 aliphatic carbocycles. The van der Waals surface area contributed by atoms with Gasteiger partial charge in [0.1, 0.15) is 18.2 Å². The highest BCUT2D eigenvalue weighted by Gasteiger charge is 2.09. The van der Waals surface area contributed by atoms with E-state index in [1.165, 1.54) is 36.0 Å². The van der Waals surface area contributed by atoms with E-state index in [-0.39, 0.29) is 12.4 Å². The lowest BCUT2D eigenvalue weighted by Crippen LogP contribution is -2.20. The van der Waals surface area contributed by atoms with Crippen LogP contribution in [-0.2, 0) is 0 Å². The van der Waals surface area contributed by atoms with Crippen LogP contribution >= 0.6 is 11.8 Å². The fourth-order valence-corrected chi connectivity index (χ4v) is 2.84. The number of rotatable bonds is 6. The maximum atomic E-state index is 12.8. The molecule has 0 unspecified atom stereocenters. The van der Waals surface area contributed by atoms with Gasteiger partial charge in [-0.2, -0.15) is 0 Å². The van der Waals surface area contributed by atoms with E-state index in [1.807, 2.05) is 28.8 Å². The fourth-order valence-electron chi connectivity index (χ4n) is 1.97. The molecule has 2 aromatic heterocycles. The first-order valence-electron chi connectivity index (χ1n) is 6.84. The van der Waals surface area contributed by atoms with Gasteiger partial charge in [-0.05, 0) is 36.4 Å². The van der Waals surface area contributed by atoms with Crippen molar-refractivity contribution in [2.45, 2.75) is 11.3 Å². The first kappa shape index (κ1) is 14.9. The summed E-state index contributed by atoms with van der Waals surface area (Å²) < 4.78 is 20.2. The Labute approximate surface area is 131 Å². The average Bonchev–Trinajstić information content (AvgIpc) is 2.96. The van der Waals surface area contributed by atoms with Gasteiger partial charge in [0.15, 0.2) is 5.16 Å². The zero-order chi connectivity index (χ0) is 15.4. The summed E-state index contributed by atoms with van der Waals surface area (Å²) in [6.45, 7) is 0.155. The summed E-state index contributed by atoms with van der Waals surface area (Å²) in [5, 5.41) is 10.8. The Balaban J connectivity index is 1.52. The number of aliphatic hydroxyl groups excluding tert-OH is 1. The number of halogens is 1. The molecule has 2 heterocycles. The molecule has 0 radical (unpaired) electrons. The molecular formula is C16H15FN2O2S. The fraction of sp³-hybridized carbons (Fsp3) is 0.188. The van der Waals surface area contributed by atoms with Gasteiger partial charge >= 0.3 is 0 Å². The lowest BCUT2D eigenvalue weighted by atomic mass is 10.3. The largest absolute Gasteiger partial charge is 0.491 e. The molecule has 22 heavy (non-hydrogen) atoms. The zero-order valence-corrected chi connectivity index (χ0v) is 12.5. The molecule has 0 fully saturated rings. The summed E-state index contributed by atoms with van der Waals surface area (Å²) >= 11 is 1.46. The van der Waals surface area contributed by atoms with E-state index in [9.17, 15) is 9.50 Å². The first-order valence-corrected chi connectivity index (χ1v) is 7.82. The molecule has 0 amide bonds. The van der Waals surface area contributed by atoms with E-state index in [2.05, 4.69) is 4.98 Å². The predicted molar refractivity (Wildman–Crippen MR) is 83.8 cm³/mol. The van der Waals surface area contributed by atoms with E-state index < -0.39 is 6.10 Å². The second-order valence-corrected chi connectivity index (χ2v) is 5.75. The van der Waals surface area contributed by atoms with Crippen molar-refractivity contribution in [3.63, 3.8) is 0 Å². The smallest absolute Gasteiger partial charge is 0.172 e. The van der Waals surface area contributed by atoms with E-state index in [4.69, 9.17) is 4.74 Å². The number of nitrogens with zero attached hydrogens (tertiary/aromatic N) is 2. The van der Waals surface area contributed by atoms with Crippen LogP contribution in [-0.4, -0.2) is 33.0 Å². The summed E-state index contributed by atoms with van der Waals surface area (Å²) in [7, 11) is 0. The lowest BCUT2D eigenvalue weighted by molar-refractivity contribution is 0.126. The Morgan fingerprint density at radius 3 is 2.86 bits per heavy atom. The molecule has 1 N–H and O–H groups in total. The van der Waals surface area contributed by atoms with Crippen molar-refractivity contribution in [1.82, 2.24) is 9.38 Å². The Morgan fingerprint density at radius 1 is 1.23 bits per heavy atom. The highest BCUT2D eigenvalue weighted by atomic mass is 32.2. The third-order valence-corrected chi connectivity index (χ3v) is 4.18. The molecule has 0 aliphatic heterocycles. The van der Waals surface area contributed by atoms with Crippen LogP contribution in [0.2, 0.25) is 0 Å². The van der Waals surface area contributed by atoms with Gasteiger partial charge in [0.2, 0.25) is 0 Å². The van der Waals surface area contributed by atoms with Crippen molar-refractivity contribution in [3.05, 3.63) is 60.7 Å². The summed E-state index contributed by atoms with van der Waals surface area (Å²) in [4.78, 5) is 4.33. The summed E-state index contributed by atoms with van der Waals surface area (Å²) in [5.41, 5.74) is 1.02. The van der Waals surface area contributed by atoms with Gasteiger partial charge in [0.25, 0.3) is 0 Å². The van der Waals surface area contributed by atoms with Crippen molar-refractivity contribution < 1.29 is 14.2 Å². The lowest BCUT2D eigenvalue weighted by Gasteiger charge is -2.11. The predicted octanol–water partition coefficient (Wildman–Crippen LogP) is 3.01. The standard InChI is InChI=1S/C16H15FN2O2S/c17-12-4-6-15(7-5-12)21-10-14(20)11-22-16-18-9-13-3-1-2-8-19(13)16/h1-9,14,20H,10-11H2/t14-/m0/s1. The number of hydrogen-bond donors (Lipinski definition) is 1. The Hall–Kier alpha value is -2.05. The van der Waals surface area contributed by atoms with E-state index in [0.29, 0.717) is 11.5 Å². The third-order valence-electron chi connectivity index (χ3n) is 3.07. The van der Waals surface area contributed by atoms with Crippen LogP contribution in [0.25, 0.3) is 5.52 Å². The van der Waals surface area contributed by atoms with Crippen LogP contribution in [0.4, 0.5) is 4.39 Å². The molecule has 0 aliphatic rings. The summed E-state index contributed by atoms with van der Waals surface area (Å²) in [6, 6.07) is 11.6. The normalized spacial score (nSPS) is 12.5. The number of aliphatic hydroxyl groups is 1. The Bertz CT molecular complexity index is 745. The highest BCUT2D eigenvalue weighted by Crippen LogP contribution is 2.19. The number of ether oxygens (including phenoxy) is 1. The van der Waals surface area contributed by atoms with Crippen LogP contribution in [0.15, 0.2) is 60.0 Å². The van der Waals surface area contributed by atoms with Crippen LogP contribution in [0.3, 0.4) is 0 Å². The molecule has 4 nitrogen and oxygen atoms in total. The highest BCUT2D eigenvalue weighted by molar-refractivity contribution is 7.99. The maximum absolute atomic E-state index is 12.8. The van der Waals surface area contributed by atoms with E-state index in [0.717, 1.165) is 10.7 Å². The number of benzene rings is 1. The first-order chi connectivity index (χ1) is 10.7. The minimum absolute atomic E-state index is 0.155. The van der Waals surface area contributed by atoms with Gasteiger partial charge in [-0.15, -0.1) is 0 Å². The second-order valence-electron chi connectivity index (χ2n) is 4.77. The summed E-state index contributed by atoms with van der Waals surface area (Å²) in [5.74, 6) is 0.696. The van der Waals surface area contributed by atoms with Gasteiger partial charge in [0, 0.05) is 11.9 Å². The quantitative estimate of drug-likeness (QED) is 0.710. The zero-order valence-electron chi connectivity index (χ0n) is 11.7. The minimum atomic E-state index is -0.633. The molecule has 0 spiro atoms. The third kappa shape index (κ3) is 3.58. The van der Waals surface area contributed by atoms with Gasteiger partial charge in [-0.25, -0.2) is 9.37 Å². The molecule has 0 saturated heterocycles. The van der Waals surface area contributed by atoms with Crippen molar-refractivity contribution in [2.24, 2.45) is 0 Å². The van der Waals surface area contributed by atoms with Crippen molar-refractivity contribution in [3.8, 4) is 5.75 Å². The maximum Gasteiger partial charge on any atom is 0.172 e. The number of imidazole rings is 1. The average molecular weight is 318 g/mol. The van der Waals surface area contributed by atoms with Gasteiger partial charge in [-0.3, -0.25) is 4.40 Å². The molecule has 3 aromatic rings. The number of hydrogen-bond acceptors (Lipinski definition) is 4. The van der Waals surface area contributed by atoms with Crippen molar-refractivity contribution >= 4 is 17.3 Å². The topological polar surface area (TPSA) is 46.8 Å². The molecule has 6 heteroatoms. The van der Waals surface area contributed by atoms with Crippen molar-refractivity contribution in [1.29, 1.82) is 0 Å².